The van der Waals surface area contributed by atoms with Crippen molar-refractivity contribution in [3.63, 3.8) is 0 Å². The summed E-state index contributed by atoms with van der Waals surface area (Å²) in [4.78, 5) is 12.7. The summed E-state index contributed by atoms with van der Waals surface area (Å²) in [5.74, 6) is -1.92. The van der Waals surface area contributed by atoms with Crippen LogP contribution in [-0.2, 0) is 23.7 Å². The van der Waals surface area contributed by atoms with Gasteiger partial charge in [0.15, 0.2) is 18.9 Å². The first-order chi connectivity index (χ1) is 16.2. The van der Waals surface area contributed by atoms with Crippen LogP contribution in [0.15, 0.2) is 30.3 Å². The SMILES string of the molecule is O=C(O[C@H]1[C@@H]2C[C@@H]3OCC(O)([C@H]2[C@H](O[C@@H]2O[C@H](CO)[C@@H](O)[C@H](O)[C@H]2O)O3)[C@@H]1Cl)c1ccccc1. The number of rotatable bonds is 5. The van der Waals surface area contributed by atoms with Crippen LogP contribution in [0, 0.1) is 11.8 Å². The van der Waals surface area contributed by atoms with Gasteiger partial charge in [-0.1, -0.05) is 18.2 Å². The summed E-state index contributed by atoms with van der Waals surface area (Å²) in [6, 6.07) is 8.39. The predicted molar refractivity (Wildman–Crippen MR) is 111 cm³/mol. The van der Waals surface area contributed by atoms with Gasteiger partial charge in [-0.3, -0.25) is 0 Å². The van der Waals surface area contributed by atoms with Crippen LogP contribution >= 0.6 is 11.6 Å². The summed E-state index contributed by atoms with van der Waals surface area (Å²) in [6.07, 6.45) is -10.1. The second-order valence-electron chi connectivity index (χ2n) is 9.13. The molecule has 0 amide bonds. The molecule has 4 saturated heterocycles. The molecule has 1 aromatic rings. The topological polar surface area (TPSA) is 164 Å². The fourth-order valence-corrected chi connectivity index (χ4v) is 5.79. The Labute approximate surface area is 199 Å². The largest absolute Gasteiger partial charge is 0.457 e. The van der Waals surface area contributed by atoms with Crippen molar-refractivity contribution in [2.45, 2.75) is 66.8 Å². The molecule has 6 rings (SSSR count). The van der Waals surface area contributed by atoms with Crippen LogP contribution in [0.2, 0.25) is 0 Å². The second-order valence-corrected chi connectivity index (χ2v) is 9.60. The lowest BCUT2D eigenvalue weighted by molar-refractivity contribution is -0.370. The van der Waals surface area contributed by atoms with E-state index in [-0.39, 0.29) is 13.0 Å². The van der Waals surface area contributed by atoms with Crippen LogP contribution in [-0.4, -0.2) is 105 Å². The highest BCUT2D eigenvalue weighted by molar-refractivity contribution is 6.22. The minimum Gasteiger partial charge on any atom is -0.457 e. The summed E-state index contributed by atoms with van der Waals surface area (Å²) >= 11 is 6.64. The van der Waals surface area contributed by atoms with Crippen LogP contribution in [0.4, 0.5) is 0 Å². The summed E-state index contributed by atoms with van der Waals surface area (Å²) in [6.45, 7) is -0.819. The second kappa shape index (κ2) is 9.25. The number of aliphatic hydroxyl groups is 5. The molecule has 188 valence electrons. The lowest BCUT2D eigenvalue weighted by atomic mass is 9.83. The Balaban J connectivity index is 1.38. The van der Waals surface area contributed by atoms with Gasteiger partial charge in [0, 0.05) is 18.3 Å². The highest BCUT2D eigenvalue weighted by atomic mass is 35.5. The van der Waals surface area contributed by atoms with E-state index in [9.17, 15) is 30.3 Å². The number of aliphatic hydroxyl groups excluding tert-OH is 4. The fourth-order valence-electron chi connectivity index (χ4n) is 5.34. The number of benzene rings is 1. The molecule has 1 aromatic carbocycles. The van der Waals surface area contributed by atoms with E-state index in [0.29, 0.717) is 5.56 Å². The zero-order valence-electron chi connectivity index (χ0n) is 17.9. The maximum atomic E-state index is 12.7. The molecule has 1 unspecified atom stereocenters. The quantitative estimate of drug-likeness (QED) is 0.240. The first kappa shape index (κ1) is 24.3. The lowest BCUT2D eigenvalue weighted by Gasteiger charge is -2.44. The predicted octanol–water partition coefficient (Wildman–Crippen LogP) is -1.28. The number of carbonyl (C=O) groups is 1. The summed E-state index contributed by atoms with van der Waals surface area (Å²) < 4.78 is 28.5. The highest BCUT2D eigenvalue weighted by Gasteiger charge is 2.68. The van der Waals surface area contributed by atoms with E-state index in [1.54, 1.807) is 30.3 Å². The minimum atomic E-state index is -1.70. The number of ether oxygens (including phenoxy) is 5. The minimum absolute atomic E-state index is 0.194. The van der Waals surface area contributed by atoms with Gasteiger partial charge in [0.05, 0.1) is 18.8 Å². The van der Waals surface area contributed by atoms with Gasteiger partial charge in [-0.15, -0.1) is 11.6 Å². The van der Waals surface area contributed by atoms with E-state index in [2.05, 4.69) is 0 Å². The van der Waals surface area contributed by atoms with E-state index < -0.39 is 84.8 Å². The molecule has 34 heavy (non-hydrogen) atoms. The van der Waals surface area contributed by atoms with Crippen molar-refractivity contribution in [3.8, 4) is 0 Å². The van der Waals surface area contributed by atoms with E-state index in [1.807, 2.05) is 0 Å². The third-order valence-corrected chi connectivity index (χ3v) is 7.77. The van der Waals surface area contributed by atoms with Gasteiger partial charge < -0.3 is 49.2 Å². The van der Waals surface area contributed by atoms with Crippen molar-refractivity contribution in [2.75, 3.05) is 13.2 Å². The van der Waals surface area contributed by atoms with Crippen molar-refractivity contribution in [2.24, 2.45) is 11.8 Å². The maximum Gasteiger partial charge on any atom is 0.338 e. The maximum absolute atomic E-state index is 12.7. The molecule has 5 N–H and O–H groups in total. The van der Waals surface area contributed by atoms with Crippen LogP contribution in [0.5, 0.6) is 0 Å². The van der Waals surface area contributed by atoms with Gasteiger partial charge in [0.2, 0.25) is 0 Å². The smallest absolute Gasteiger partial charge is 0.338 e. The Kier molecular flexibility index (Phi) is 6.61. The summed E-state index contributed by atoms with van der Waals surface area (Å²) in [7, 11) is 0. The van der Waals surface area contributed by atoms with Crippen molar-refractivity contribution in [3.05, 3.63) is 35.9 Å². The van der Waals surface area contributed by atoms with E-state index in [0.717, 1.165) is 0 Å². The third kappa shape index (κ3) is 3.94. The van der Waals surface area contributed by atoms with Crippen molar-refractivity contribution < 1.29 is 54.0 Å². The molecule has 0 spiro atoms. The Bertz CT molecular complexity index is 887. The number of fused-ring (bicyclic) bond motifs is 2. The summed E-state index contributed by atoms with van der Waals surface area (Å²) in [5.41, 5.74) is -1.36. The third-order valence-electron chi connectivity index (χ3n) is 7.14. The molecular formula is C22H27ClO11. The monoisotopic (exact) mass is 502 g/mol. The Hall–Kier alpha value is -1.38. The van der Waals surface area contributed by atoms with Crippen molar-refractivity contribution in [1.29, 1.82) is 0 Å². The van der Waals surface area contributed by atoms with Gasteiger partial charge in [0.1, 0.15) is 41.5 Å². The van der Waals surface area contributed by atoms with Gasteiger partial charge in [-0.05, 0) is 12.1 Å². The van der Waals surface area contributed by atoms with Gasteiger partial charge >= 0.3 is 5.97 Å². The van der Waals surface area contributed by atoms with Crippen molar-refractivity contribution >= 4 is 17.6 Å². The van der Waals surface area contributed by atoms with E-state index >= 15 is 0 Å². The Morgan fingerprint density at radius 3 is 2.53 bits per heavy atom. The number of hydrogen-bond donors (Lipinski definition) is 5. The highest BCUT2D eigenvalue weighted by Crippen LogP contribution is 2.55. The number of hydrogen-bond acceptors (Lipinski definition) is 11. The van der Waals surface area contributed by atoms with Crippen LogP contribution in [0.3, 0.4) is 0 Å². The van der Waals surface area contributed by atoms with Gasteiger partial charge in [0.25, 0.3) is 0 Å². The molecule has 1 saturated carbocycles. The Morgan fingerprint density at radius 1 is 1.09 bits per heavy atom. The van der Waals surface area contributed by atoms with Crippen LogP contribution in [0.1, 0.15) is 16.8 Å². The standard InChI is InChI=1S/C22H27ClO11/c23-18-17(33-19(28)9-4-2-1-3-5-9)10-6-12-30-8-22(18,29)13(10)20(32-12)34-21-16(27)15(26)14(25)11(7-24)31-21/h1-5,10-18,20-21,24-27,29H,6-8H2/t10-,11-,12-,13-,14-,15+,16-,17+,18-,20+,21+,22?/m1/s1. The molecule has 12 heteroatoms. The average Bonchev–Trinajstić information content (AvgIpc) is 2.95. The molecular weight excluding hydrogens is 476 g/mol. The van der Waals surface area contributed by atoms with Gasteiger partial charge in [-0.2, -0.15) is 0 Å². The molecule has 5 aliphatic rings. The van der Waals surface area contributed by atoms with Crippen molar-refractivity contribution in [1.82, 2.24) is 0 Å². The molecule has 4 heterocycles. The molecule has 4 aliphatic heterocycles. The normalized spacial score (nSPS) is 47.9. The zero-order valence-corrected chi connectivity index (χ0v) is 18.7. The molecule has 0 aromatic heterocycles. The first-order valence-electron chi connectivity index (χ1n) is 11.1. The fraction of sp³-hybridized carbons (Fsp3) is 0.682. The molecule has 1 aliphatic carbocycles. The Morgan fingerprint density at radius 2 is 1.82 bits per heavy atom. The lowest BCUT2D eigenvalue weighted by Crippen LogP contribution is -2.61. The van der Waals surface area contributed by atoms with E-state index in [4.69, 9.17) is 35.3 Å². The number of alkyl halides is 1. The van der Waals surface area contributed by atoms with E-state index in [1.165, 1.54) is 0 Å². The van der Waals surface area contributed by atoms with Gasteiger partial charge in [-0.25, -0.2) is 4.79 Å². The van der Waals surface area contributed by atoms with Crippen LogP contribution < -0.4 is 0 Å². The first-order valence-corrected chi connectivity index (χ1v) is 11.5. The molecule has 4 bridgehead atoms. The number of esters is 1. The zero-order chi connectivity index (χ0) is 24.2. The molecule has 12 atom stereocenters. The molecule has 5 fully saturated rings. The molecule has 11 nitrogen and oxygen atoms in total. The number of halogens is 1. The average molecular weight is 503 g/mol. The number of carbonyl (C=O) groups excluding carboxylic acids is 1. The summed E-state index contributed by atoms with van der Waals surface area (Å²) in [5, 5.41) is 50.4. The van der Waals surface area contributed by atoms with Crippen LogP contribution in [0.25, 0.3) is 0 Å². The molecule has 0 radical (unpaired) electrons.